The maximum Gasteiger partial charge on any atom is 0.292 e. The number of nitrogens with one attached hydrogen (secondary N) is 1. The topological polar surface area (TPSA) is 51.1 Å². The Morgan fingerprint density at radius 2 is 1.90 bits per heavy atom. The van der Waals surface area contributed by atoms with Gasteiger partial charge in [-0.15, -0.1) is 0 Å². The molecule has 0 aliphatic carbocycles. The molecule has 1 N–H and O–H groups in total. The fourth-order valence-electron chi connectivity index (χ4n) is 3.24. The summed E-state index contributed by atoms with van der Waals surface area (Å²) >= 11 is 0. The lowest BCUT2D eigenvalue weighted by Gasteiger charge is -2.27. The number of hydrogen-bond acceptors (Lipinski definition) is 3. The highest BCUT2D eigenvalue weighted by atomic mass is 16.5. The number of ether oxygens (including phenoxy) is 1. The van der Waals surface area contributed by atoms with Gasteiger partial charge in [-0.25, -0.2) is 4.90 Å². The number of carbonyl (C=O) groups excluding carboxylic acids is 2. The molecule has 2 saturated heterocycles. The molecule has 0 saturated carbocycles. The first-order valence-electron chi connectivity index (χ1n) is 7.44. The number of rotatable bonds is 2. The van der Waals surface area contributed by atoms with Crippen LogP contribution in [0.15, 0.2) is 18.2 Å². The molecule has 1 atom stereocenters. The van der Waals surface area contributed by atoms with Crippen molar-refractivity contribution in [2.24, 2.45) is 0 Å². The van der Waals surface area contributed by atoms with Gasteiger partial charge in [0.1, 0.15) is 13.1 Å². The van der Waals surface area contributed by atoms with Crippen molar-refractivity contribution in [3.05, 3.63) is 29.3 Å². The van der Waals surface area contributed by atoms with Crippen LogP contribution in [0.1, 0.15) is 17.5 Å². The quantitative estimate of drug-likeness (QED) is 0.771. The number of carbonyl (C=O) groups is 2. The molecule has 2 aliphatic rings. The van der Waals surface area contributed by atoms with Gasteiger partial charge in [0, 0.05) is 0 Å². The average molecular weight is 289 g/mol. The fraction of sp³-hybridized carbons (Fsp3) is 0.500. The number of quaternary nitrogens is 1. The summed E-state index contributed by atoms with van der Waals surface area (Å²) in [7, 11) is 0. The first kappa shape index (κ1) is 14.2. The van der Waals surface area contributed by atoms with Crippen molar-refractivity contribution in [3.63, 3.8) is 0 Å². The molecule has 21 heavy (non-hydrogen) atoms. The molecule has 2 aliphatic heterocycles. The average Bonchev–Trinajstić information content (AvgIpc) is 2.76. The minimum atomic E-state index is -0.248. The van der Waals surface area contributed by atoms with Crippen LogP contribution in [0.5, 0.6) is 0 Å². The number of hydrogen-bond donors (Lipinski definition) is 1. The van der Waals surface area contributed by atoms with Crippen LogP contribution in [0.3, 0.4) is 0 Å². The van der Waals surface area contributed by atoms with Gasteiger partial charge < -0.3 is 9.64 Å². The van der Waals surface area contributed by atoms with E-state index in [-0.39, 0.29) is 17.9 Å². The predicted octanol–water partition coefficient (Wildman–Crippen LogP) is -0.150. The zero-order chi connectivity index (χ0) is 15.0. The van der Waals surface area contributed by atoms with Crippen molar-refractivity contribution in [2.45, 2.75) is 26.3 Å². The zero-order valence-corrected chi connectivity index (χ0v) is 12.5. The highest BCUT2D eigenvalue weighted by molar-refractivity contribution is 6.22. The lowest BCUT2D eigenvalue weighted by molar-refractivity contribution is -0.922. The summed E-state index contributed by atoms with van der Waals surface area (Å²) in [5, 5.41) is 0. The molecule has 2 amide bonds. The highest BCUT2D eigenvalue weighted by Gasteiger charge is 2.46. The Kier molecular flexibility index (Phi) is 3.78. The normalized spacial score (nSPS) is 23.9. The van der Waals surface area contributed by atoms with E-state index in [1.54, 1.807) is 0 Å². The van der Waals surface area contributed by atoms with E-state index >= 15 is 0 Å². The van der Waals surface area contributed by atoms with Crippen LogP contribution in [-0.2, 0) is 14.3 Å². The summed E-state index contributed by atoms with van der Waals surface area (Å²) < 4.78 is 5.33. The summed E-state index contributed by atoms with van der Waals surface area (Å²) in [6, 6.07) is 5.57. The van der Waals surface area contributed by atoms with E-state index in [2.05, 4.69) is 0 Å². The van der Waals surface area contributed by atoms with Crippen LogP contribution < -0.4 is 9.80 Å². The summed E-state index contributed by atoms with van der Waals surface area (Å²) in [6.45, 7) is 6.87. The zero-order valence-electron chi connectivity index (χ0n) is 12.5. The molecular weight excluding hydrogens is 268 g/mol. The predicted molar refractivity (Wildman–Crippen MR) is 78.3 cm³/mol. The van der Waals surface area contributed by atoms with Crippen LogP contribution in [0.25, 0.3) is 0 Å². The molecule has 1 aromatic carbocycles. The van der Waals surface area contributed by atoms with Gasteiger partial charge in [-0.05, 0) is 25.5 Å². The number of aryl methyl sites for hydroxylation is 2. The molecule has 5 heteroatoms. The molecule has 0 unspecified atom stereocenters. The van der Waals surface area contributed by atoms with E-state index < -0.39 is 0 Å². The van der Waals surface area contributed by atoms with E-state index in [0.717, 1.165) is 29.9 Å². The summed E-state index contributed by atoms with van der Waals surface area (Å²) in [4.78, 5) is 27.6. The van der Waals surface area contributed by atoms with Crippen LogP contribution >= 0.6 is 0 Å². The molecule has 0 radical (unpaired) electrons. The monoisotopic (exact) mass is 289 g/mol. The van der Waals surface area contributed by atoms with Gasteiger partial charge in [-0.3, -0.25) is 9.59 Å². The molecule has 0 spiro atoms. The van der Waals surface area contributed by atoms with E-state index in [4.69, 9.17) is 4.74 Å². The molecule has 3 rings (SSSR count). The smallest absolute Gasteiger partial charge is 0.292 e. The second kappa shape index (κ2) is 5.58. The Bertz CT molecular complexity index is 579. The highest BCUT2D eigenvalue weighted by Crippen LogP contribution is 2.26. The standard InChI is InChI=1S/C16H20N2O3/c1-11-3-4-13(12(2)9-11)18-15(19)10-14(16(18)20)17-5-7-21-8-6-17/h3-4,9,14H,5-8,10H2,1-2H3/p+1/t14-/m1/s1. The van der Waals surface area contributed by atoms with Crippen LogP contribution in [-0.4, -0.2) is 44.2 Å². The fourth-order valence-corrected chi connectivity index (χ4v) is 3.24. The van der Waals surface area contributed by atoms with Gasteiger partial charge in [-0.2, -0.15) is 0 Å². The molecule has 5 nitrogen and oxygen atoms in total. The number of amides is 2. The van der Waals surface area contributed by atoms with Crippen LogP contribution in [0.2, 0.25) is 0 Å². The lowest BCUT2D eigenvalue weighted by atomic mass is 10.1. The van der Waals surface area contributed by atoms with Crippen molar-refractivity contribution in [2.75, 3.05) is 31.2 Å². The van der Waals surface area contributed by atoms with Gasteiger partial charge in [0.15, 0.2) is 6.04 Å². The number of morpholine rings is 1. The van der Waals surface area contributed by atoms with E-state index in [9.17, 15) is 9.59 Å². The lowest BCUT2D eigenvalue weighted by Crippen LogP contribution is -3.18. The first-order chi connectivity index (χ1) is 10.1. The third-order valence-electron chi connectivity index (χ3n) is 4.37. The van der Waals surface area contributed by atoms with Crippen molar-refractivity contribution < 1.29 is 19.2 Å². The molecular formula is C16H21N2O3+. The van der Waals surface area contributed by atoms with Crippen LogP contribution in [0.4, 0.5) is 5.69 Å². The van der Waals surface area contributed by atoms with Gasteiger partial charge in [0.2, 0.25) is 5.91 Å². The second-order valence-electron chi connectivity index (χ2n) is 5.88. The van der Waals surface area contributed by atoms with Gasteiger partial charge >= 0.3 is 0 Å². The van der Waals surface area contributed by atoms with E-state index in [1.165, 1.54) is 9.80 Å². The minimum absolute atomic E-state index is 0.0659. The molecule has 112 valence electrons. The number of imide groups is 1. The first-order valence-corrected chi connectivity index (χ1v) is 7.44. The Morgan fingerprint density at radius 1 is 1.19 bits per heavy atom. The molecule has 2 heterocycles. The molecule has 0 aromatic heterocycles. The Hall–Kier alpha value is -1.72. The summed E-state index contributed by atoms with van der Waals surface area (Å²) in [5.74, 6) is -0.153. The second-order valence-corrected chi connectivity index (χ2v) is 5.88. The van der Waals surface area contributed by atoms with Crippen molar-refractivity contribution in [1.29, 1.82) is 0 Å². The molecule has 2 fully saturated rings. The number of benzene rings is 1. The summed E-state index contributed by atoms with van der Waals surface area (Å²) in [5.41, 5.74) is 2.82. The Balaban J connectivity index is 1.86. The minimum Gasteiger partial charge on any atom is -0.370 e. The maximum absolute atomic E-state index is 12.7. The Morgan fingerprint density at radius 3 is 2.57 bits per heavy atom. The largest absolute Gasteiger partial charge is 0.370 e. The molecule has 1 aromatic rings. The van der Waals surface area contributed by atoms with Crippen molar-refractivity contribution in [3.8, 4) is 0 Å². The van der Waals surface area contributed by atoms with Crippen molar-refractivity contribution in [1.82, 2.24) is 0 Å². The van der Waals surface area contributed by atoms with Gasteiger partial charge in [0.25, 0.3) is 5.91 Å². The number of anilines is 1. The van der Waals surface area contributed by atoms with E-state index in [0.29, 0.717) is 19.6 Å². The molecule has 0 bridgehead atoms. The maximum atomic E-state index is 12.7. The number of nitrogens with zero attached hydrogens (tertiary/aromatic N) is 1. The summed E-state index contributed by atoms with van der Waals surface area (Å²) in [6.07, 6.45) is 0.307. The van der Waals surface area contributed by atoms with Crippen molar-refractivity contribution >= 4 is 17.5 Å². The van der Waals surface area contributed by atoms with Gasteiger partial charge in [0.05, 0.1) is 25.3 Å². The Labute approximate surface area is 124 Å². The third kappa shape index (κ3) is 2.59. The van der Waals surface area contributed by atoms with Crippen LogP contribution in [0, 0.1) is 13.8 Å². The SMILES string of the molecule is Cc1ccc(N2C(=O)C[C@@H]([NH+]3CCOCC3)C2=O)c(C)c1. The van der Waals surface area contributed by atoms with Gasteiger partial charge in [-0.1, -0.05) is 17.7 Å². The third-order valence-corrected chi connectivity index (χ3v) is 4.37. The van der Waals surface area contributed by atoms with E-state index in [1.807, 2.05) is 32.0 Å².